The predicted molar refractivity (Wildman–Crippen MR) is 284 cm³/mol. The first-order valence-electron chi connectivity index (χ1n) is 26.1. The van der Waals surface area contributed by atoms with E-state index in [0.29, 0.717) is 55.6 Å². The summed E-state index contributed by atoms with van der Waals surface area (Å²) >= 11 is 1.55. The first-order chi connectivity index (χ1) is 37.5. The number of benzene rings is 2. The molecule has 5 aromatic rings. The summed E-state index contributed by atoms with van der Waals surface area (Å²) in [7, 11) is 0. The molecule has 0 saturated carbocycles. The lowest BCUT2D eigenvalue weighted by molar-refractivity contribution is -0.274. The van der Waals surface area contributed by atoms with Crippen molar-refractivity contribution in [1.82, 2.24) is 45.3 Å². The van der Waals surface area contributed by atoms with Gasteiger partial charge in [-0.25, -0.2) is 19.3 Å². The van der Waals surface area contributed by atoms with Crippen molar-refractivity contribution in [3.05, 3.63) is 101 Å². The number of aryl methyl sites for hydroxylation is 2. The highest BCUT2D eigenvalue weighted by molar-refractivity contribution is 7.13. The van der Waals surface area contributed by atoms with E-state index in [-0.39, 0.29) is 81.5 Å². The minimum absolute atomic E-state index is 0.0416. The standard InChI is InChI=1S/C55H66F4N10O9S/c1-33-48(79-32-65-33)36-15-11-35(12-16-36)26-62-51(75)43-25-38(70)28-69(43)53(76)49(54(2,3)4)66-46(72)10-6-5-9-45(71)61-20-7-8-21-67-30-42(64-31-67)37-24-40(50(60)74)52(63-27-37)77-44-19-22-68(29-41(44)56)47(73)23-34-13-17-39(18-14-34)78-55(57,58)59/h11-18,24,27,30-32,38,41,43-44,49,70H,5-10,19-23,25-26,28-29H2,1-4H3,(H2,60,74)(H,61,71)(H,62,75)(H,66,72)/t38-,41-,43+,44-,49-/m1/s1. The highest BCUT2D eigenvalue weighted by Crippen LogP contribution is 2.31. The number of pyridine rings is 1. The average molecular weight is 1120 g/mol. The van der Waals surface area contributed by atoms with Crippen LogP contribution in [0.4, 0.5) is 17.6 Å². The third-order valence-electron chi connectivity index (χ3n) is 13.6. The zero-order valence-electron chi connectivity index (χ0n) is 44.4. The van der Waals surface area contributed by atoms with E-state index >= 15 is 4.39 Å². The first kappa shape index (κ1) is 59.2. The van der Waals surface area contributed by atoms with E-state index in [4.69, 9.17) is 10.5 Å². The van der Waals surface area contributed by atoms with Gasteiger partial charge < -0.3 is 50.6 Å². The van der Waals surface area contributed by atoms with Gasteiger partial charge in [0.25, 0.3) is 5.91 Å². The fourth-order valence-electron chi connectivity index (χ4n) is 9.30. The maximum Gasteiger partial charge on any atom is 0.573 e. The molecule has 424 valence electrons. The van der Waals surface area contributed by atoms with Gasteiger partial charge in [0.05, 0.1) is 47.2 Å². The maximum atomic E-state index is 15.4. The topological polar surface area (TPSA) is 253 Å². The number of primary amides is 1. The van der Waals surface area contributed by atoms with Gasteiger partial charge in [0, 0.05) is 76.4 Å². The Balaban J connectivity index is 0.784. The van der Waals surface area contributed by atoms with E-state index in [0.717, 1.165) is 33.8 Å². The van der Waals surface area contributed by atoms with E-state index in [1.54, 1.807) is 29.4 Å². The number of piperidine rings is 1. The van der Waals surface area contributed by atoms with Crippen LogP contribution in [0.5, 0.6) is 11.6 Å². The first-order valence-corrected chi connectivity index (χ1v) is 27.0. The lowest BCUT2D eigenvalue weighted by Gasteiger charge is -2.35. The number of unbranched alkanes of at least 4 members (excludes halogenated alkanes) is 2. The van der Waals surface area contributed by atoms with Gasteiger partial charge in [-0.3, -0.25) is 28.8 Å². The van der Waals surface area contributed by atoms with Gasteiger partial charge in [-0.2, -0.15) is 0 Å². The molecule has 5 heterocycles. The molecule has 2 fully saturated rings. The fourth-order valence-corrected chi connectivity index (χ4v) is 10.1. The number of alkyl halides is 4. The van der Waals surface area contributed by atoms with E-state index in [1.165, 1.54) is 34.2 Å². The Kier molecular flexibility index (Phi) is 19.8. The Hall–Kier alpha value is -7.47. The van der Waals surface area contributed by atoms with Crippen molar-refractivity contribution in [2.24, 2.45) is 11.1 Å². The van der Waals surface area contributed by atoms with Crippen molar-refractivity contribution >= 4 is 46.8 Å². The maximum absolute atomic E-state index is 15.4. The number of hydrogen-bond acceptors (Lipinski definition) is 13. The average Bonchev–Trinajstić information content (AvgIpc) is 4.21. The molecule has 2 aliphatic rings. The highest BCUT2D eigenvalue weighted by atomic mass is 32.1. The number of carbonyl (C=O) groups is 6. The van der Waals surface area contributed by atoms with Crippen LogP contribution in [0.3, 0.4) is 0 Å². The van der Waals surface area contributed by atoms with Crippen molar-refractivity contribution in [2.75, 3.05) is 26.2 Å². The molecule has 0 aliphatic carbocycles. The van der Waals surface area contributed by atoms with Crippen LogP contribution < -0.4 is 31.2 Å². The number of aromatic nitrogens is 4. The zero-order chi connectivity index (χ0) is 57.0. The number of ether oxygens (including phenoxy) is 2. The number of hydrogen-bond donors (Lipinski definition) is 5. The molecule has 0 bridgehead atoms. The molecule has 6 amide bonds. The summed E-state index contributed by atoms with van der Waals surface area (Å²) in [4.78, 5) is 95.5. The third kappa shape index (κ3) is 16.8. The van der Waals surface area contributed by atoms with Gasteiger partial charge in [0.1, 0.15) is 29.5 Å². The minimum Gasteiger partial charge on any atom is -0.471 e. The van der Waals surface area contributed by atoms with Gasteiger partial charge in [-0.1, -0.05) is 57.2 Å². The van der Waals surface area contributed by atoms with Crippen molar-refractivity contribution < 1.29 is 60.9 Å². The lowest BCUT2D eigenvalue weighted by atomic mass is 9.85. The number of nitrogens with zero attached hydrogens (tertiary/aromatic N) is 6. The summed E-state index contributed by atoms with van der Waals surface area (Å²) in [6, 6.07) is 12.2. The summed E-state index contributed by atoms with van der Waals surface area (Å²) in [5.41, 5.74) is 10.9. The molecule has 5 atom stereocenters. The van der Waals surface area contributed by atoms with Gasteiger partial charge >= 0.3 is 6.36 Å². The molecule has 3 aromatic heterocycles. The number of imidazole rings is 1. The van der Waals surface area contributed by atoms with Gasteiger partial charge in [0.2, 0.25) is 35.4 Å². The number of nitrogens with two attached hydrogens (primary N) is 1. The number of rotatable bonds is 23. The van der Waals surface area contributed by atoms with Gasteiger partial charge in [0.15, 0.2) is 6.17 Å². The number of halogens is 4. The van der Waals surface area contributed by atoms with Crippen LogP contribution >= 0.6 is 11.3 Å². The number of amides is 6. The van der Waals surface area contributed by atoms with E-state index < -0.39 is 71.6 Å². The normalized spacial score (nSPS) is 17.9. The second-order valence-corrected chi connectivity index (χ2v) is 21.7. The van der Waals surface area contributed by atoms with E-state index in [9.17, 15) is 47.0 Å². The molecular formula is C55H66F4N10O9S. The number of β-amino-alcohol motifs (C(OH)–C–C–N with tert-alkyl or cyclic N) is 1. The highest BCUT2D eigenvalue weighted by Gasteiger charge is 2.44. The van der Waals surface area contributed by atoms with E-state index in [2.05, 4.69) is 35.6 Å². The molecule has 0 radical (unpaired) electrons. The van der Waals surface area contributed by atoms with Crippen molar-refractivity contribution in [1.29, 1.82) is 0 Å². The molecule has 24 heteroatoms. The van der Waals surface area contributed by atoms with Crippen molar-refractivity contribution in [3.63, 3.8) is 0 Å². The molecule has 2 aromatic carbocycles. The monoisotopic (exact) mass is 1120 g/mol. The van der Waals surface area contributed by atoms with Crippen LogP contribution in [-0.4, -0.2) is 133 Å². The van der Waals surface area contributed by atoms with Crippen molar-refractivity contribution in [2.45, 2.75) is 135 Å². The molecular weight excluding hydrogens is 1050 g/mol. The molecule has 0 unspecified atom stereocenters. The van der Waals surface area contributed by atoms with Crippen LogP contribution in [0.1, 0.15) is 99.3 Å². The van der Waals surface area contributed by atoms with Crippen LogP contribution in [0.25, 0.3) is 21.7 Å². The molecule has 19 nitrogen and oxygen atoms in total. The molecule has 0 spiro atoms. The lowest BCUT2D eigenvalue weighted by Crippen LogP contribution is -2.57. The predicted octanol–water partition coefficient (Wildman–Crippen LogP) is 6.20. The number of thiazole rings is 1. The summed E-state index contributed by atoms with van der Waals surface area (Å²) in [5.74, 6) is -3.27. The van der Waals surface area contributed by atoms with Crippen molar-refractivity contribution in [3.8, 4) is 33.3 Å². The summed E-state index contributed by atoms with van der Waals surface area (Å²) < 4.78 is 64.4. The SMILES string of the molecule is Cc1ncsc1-c1ccc(CNC(=O)[C@@H]2C[C@@H](O)CN2C(=O)[C@@H](NC(=O)CCCCC(=O)NCCCCn2cnc(-c3cnc(O[C@@H]4CCN(C(=O)Cc5ccc(OC(F)(F)F)cc5)C[C@H]4F)c(C(N)=O)c3)c2)C(C)(C)C)cc1. The molecule has 79 heavy (non-hydrogen) atoms. The van der Waals surface area contributed by atoms with Crippen LogP contribution in [0, 0.1) is 12.3 Å². The second-order valence-electron chi connectivity index (χ2n) is 20.8. The Morgan fingerprint density at radius 2 is 1.59 bits per heavy atom. The fraction of sp³-hybridized carbons (Fsp3) is 0.473. The van der Waals surface area contributed by atoms with Crippen LogP contribution in [0.15, 0.2) is 78.8 Å². The molecule has 6 N–H and O–H groups in total. The Labute approximate surface area is 458 Å². The van der Waals surface area contributed by atoms with Gasteiger partial charge in [-0.15, -0.1) is 24.5 Å². The molecule has 2 aliphatic heterocycles. The smallest absolute Gasteiger partial charge is 0.471 e. The van der Waals surface area contributed by atoms with E-state index in [1.807, 2.05) is 56.5 Å². The zero-order valence-corrected chi connectivity index (χ0v) is 45.2. The minimum atomic E-state index is -4.85. The number of aliphatic hydroxyl groups excluding tert-OH is 1. The molecule has 7 rings (SSSR count). The number of nitrogens with one attached hydrogen (secondary N) is 3. The van der Waals surface area contributed by atoms with Crippen LogP contribution in [0.2, 0.25) is 0 Å². The number of aliphatic hydroxyl groups is 1. The third-order valence-corrected chi connectivity index (χ3v) is 14.6. The Morgan fingerprint density at radius 1 is 0.886 bits per heavy atom. The second kappa shape index (κ2) is 26.5. The summed E-state index contributed by atoms with van der Waals surface area (Å²) in [6.45, 7) is 8.38. The Morgan fingerprint density at radius 3 is 2.25 bits per heavy atom. The molecule has 2 saturated heterocycles. The summed E-state index contributed by atoms with van der Waals surface area (Å²) in [5, 5.41) is 19.3. The Bertz CT molecular complexity index is 2930. The number of carbonyl (C=O) groups excluding carboxylic acids is 6. The largest absolute Gasteiger partial charge is 0.573 e. The summed E-state index contributed by atoms with van der Waals surface area (Å²) in [6.07, 6.45) is -1.22. The van der Waals surface area contributed by atoms with Gasteiger partial charge in [-0.05, 0) is 72.9 Å². The van der Waals surface area contributed by atoms with Crippen LogP contribution in [-0.2, 0) is 43.5 Å². The number of likely N-dealkylation sites (tertiary alicyclic amines) is 2. The quantitative estimate of drug-likeness (QED) is 0.0362.